The summed E-state index contributed by atoms with van der Waals surface area (Å²) >= 11 is 1.55. The fraction of sp³-hybridized carbons (Fsp3) is 0.263. The Balaban J connectivity index is 1.66. The SMILES string of the molecule is CC(C)Cc1cccc(CNC(=O)c2ccc3ncsc3c2)c1. The van der Waals surface area contributed by atoms with Crippen molar-refractivity contribution < 1.29 is 4.79 Å². The smallest absolute Gasteiger partial charge is 0.251 e. The van der Waals surface area contributed by atoms with Gasteiger partial charge in [0.15, 0.2) is 0 Å². The Morgan fingerprint density at radius 1 is 1.17 bits per heavy atom. The summed E-state index contributed by atoms with van der Waals surface area (Å²) in [5, 5.41) is 3.00. The largest absolute Gasteiger partial charge is 0.348 e. The Kier molecular flexibility index (Phi) is 4.72. The summed E-state index contributed by atoms with van der Waals surface area (Å²) in [6.07, 6.45) is 1.06. The Bertz CT molecular complexity index is 823. The van der Waals surface area contributed by atoms with Crippen LogP contribution in [0.1, 0.15) is 35.3 Å². The molecule has 0 aliphatic heterocycles. The molecule has 0 aliphatic rings. The molecule has 1 amide bonds. The number of amides is 1. The fourth-order valence-corrected chi connectivity index (χ4v) is 3.34. The first kappa shape index (κ1) is 15.7. The number of thiazole rings is 1. The summed E-state index contributed by atoms with van der Waals surface area (Å²) in [6, 6.07) is 14.0. The number of aromatic nitrogens is 1. The quantitative estimate of drug-likeness (QED) is 0.754. The zero-order valence-corrected chi connectivity index (χ0v) is 14.2. The van der Waals surface area contributed by atoms with Crippen molar-refractivity contribution in [3.8, 4) is 0 Å². The number of carbonyl (C=O) groups excluding carboxylic acids is 1. The van der Waals surface area contributed by atoms with E-state index in [9.17, 15) is 4.79 Å². The van der Waals surface area contributed by atoms with Gasteiger partial charge in [-0.05, 0) is 41.7 Å². The second-order valence-electron chi connectivity index (χ2n) is 6.14. The minimum absolute atomic E-state index is 0.0467. The molecule has 1 aromatic heterocycles. The van der Waals surface area contributed by atoms with Crippen LogP contribution in [-0.4, -0.2) is 10.9 Å². The van der Waals surface area contributed by atoms with E-state index in [2.05, 4.69) is 48.4 Å². The van der Waals surface area contributed by atoms with Gasteiger partial charge in [0.05, 0.1) is 15.7 Å². The summed E-state index contributed by atoms with van der Waals surface area (Å²) in [4.78, 5) is 16.6. The van der Waals surface area contributed by atoms with Gasteiger partial charge in [0.2, 0.25) is 0 Å². The standard InChI is InChI=1S/C19H20N2OS/c1-13(2)8-14-4-3-5-15(9-14)11-20-19(22)16-6-7-17-18(10-16)23-12-21-17/h3-7,9-10,12-13H,8,11H2,1-2H3,(H,20,22). The van der Waals surface area contributed by atoms with Crippen LogP contribution in [0.3, 0.4) is 0 Å². The number of fused-ring (bicyclic) bond motifs is 1. The van der Waals surface area contributed by atoms with Crippen molar-refractivity contribution in [3.05, 3.63) is 64.7 Å². The van der Waals surface area contributed by atoms with Crippen LogP contribution in [0.15, 0.2) is 48.0 Å². The van der Waals surface area contributed by atoms with E-state index in [0.29, 0.717) is 18.0 Å². The van der Waals surface area contributed by atoms with E-state index in [1.54, 1.807) is 16.8 Å². The van der Waals surface area contributed by atoms with Gasteiger partial charge in [-0.15, -0.1) is 11.3 Å². The first-order valence-corrected chi connectivity index (χ1v) is 8.69. The Labute approximate surface area is 140 Å². The van der Waals surface area contributed by atoms with Crippen LogP contribution in [-0.2, 0) is 13.0 Å². The summed E-state index contributed by atoms with van der Waals surface area (Å²) in [6.45, 7) is 4.97. The highest BCUT2D eigenvalue weighted by Gasteiger charge is 2.08. The Morgan fingerprint density at radius 2 is 2.00 bits per heavy atom. The maximum Gasteiger partial charge on any atom is 0.251 e. The molecule has 0 fully saturated rings. The zero-order valence-electron chi connectivity index (χ0n) is 13.4. The van der Waals surface area contributed by atoms with Gasteiger partial charge in [-0.3, -0.25) is 4.79 Å². The summed E-state index contributed by atoms with van der Waals surface area (Å²) in [5.41, 5.74) is 5.87. The van der Waals surface area contributed by atoms with E-state index in [1.807, 2.05) is 18.2 Å². The van der Waals surface area contributed by atoms with Gasteiger partial charge >= 0.3 is 0 Å². The second-order valence-corrected chi connectivity index (χ2v) is 7.02. The molecule has 1 N–H and O–H groups in total. The van der Waals surface area contributed by atoms with E-state index in [-0.39, 0.29) is 5.91 Å². The number of benzene rings is 2. The van der Waals surface area contributed by atoms with Crippen molar-refractivity contribution >= 4 is 27.5 Å². The van der Waals surface area contributed by atoms with E-state index >= 15 is 0 Å². The van der Waals surface area contributed by atoms with Gasteiger partial charge in [-0.1, -0.05) is 38.1 Å². The van der Waals surface area contributed by atoms with E-state index in [4.69, 9.17) is 0 Å². The lowest BCUT2D eigenvalue weighted by Crippen LogP contribution is -2.22. The van der Waals surface area contributed by atoms with Gasteiger partial charge in [0, 0.05) is 12.1 Å². The van der Waals surface area contributed by atoms with Gasteiger partial charge in [-0.25, -0.2) is 4.98 Å². The summed E-state index contributed by atoms with van der Waals surface area (Å²) < 4.78 is 1.04. The number of hydrogen-bond donors (Lipinski definition) is 1. The van der Waals surface area contributed by atoms with Crippen LogP contribution in [0.2, 0.25) is 0 Å². The average Bonchev–Trinajstić information content (AvgIpc) is 3.00. The Hall–Kier alpha value is -2.20. The lowest BCUT2D eigenvalue weighted by molar-refractivity contribution is 0.0951. The predicted octanol–water partition coefficient (Wildman–Crippen LogP) is 4.42. The van der Waals surface area contributed by atoms with Crippen molar-refractivity contribution in [2.45, 2.75) is 26.8 Å². The minimum Gasteiger partial charge on any atom is -0.348 e. The fourth-order valence-electron chi connectivity index (χ4n) is 2.62. The molecule has 0 radical (unpaired) electrons. The van der Waals surface area contributed by atoms with Crippen molar-refractivity contribution in [2.75, 3.05) is 0 Å². The first-order valence-electron chi connectivity index (χ1n) is 7.81. The van der Waals surface area contributed by atoms with Crippen LogP contribution in [0.4, 0.5) is 0 Å². The third kappa shape index (κ3) is 3.96. The maximum atomic E-state index is 12.3. The third-order valence-electron chi connectivity index (χ3n) is 3.68. The molecule has 0 bridgehead atoms. The normalized spacial score (nSPS) is 11.1. The molecule has 3 rings (SSSR count). The predicted molar refractivity (Wildman–Crippen MR) is 95.8 cm³/mol. The maximum absolute atomic E-state index is 12.3. The average molecular weight is 324 g/mol. The zero-order chi connectivity index (χ0) is 16.2. The molecule has 1 heterocycles. The Morgan fingerprint density at radius 3 is 2.83 bits per heavy atom. The van der Waals surface area contributed by atoms with Gasteiger partial charge in [0.1, 0.15) is 0 Å². The molecule has 0 spiro atoms. The first-order chi connectivity index (χ1) is 11.1. The van der Waals surface area contributed by atoms with Crippen LogP contribution >= 0.6 is 11.3 Å². The molecule has 0 atom stereocenters. The highest BCUT2D eigenvalue weighted by Crippen LogP contribution is 2.19. The number of nitrogens with zero attached hydrogens (tertiary/aromatic N) is 1. The molecule has 0 aliphatic carbocycles. The number of carbonyl (C=O) groups is 1. The molecule has 4 heteroatoms. The molecule has 3 aromatic rings. The monoisotopic (exact) mass is 324 g/mol. The van der Waals surface area contributed by atoms with Gasteiger partial charge in [0.25, 0.3) is 5.91 Å². The second kappa shape index (κ2) is 6.92. The molecule has 3 nitrogen and oxygen atoms in total. The van der Waals surface area contributed by atoms with E-state index < -0.39 is 0 Å². The molecule has 118 valence electrons. The van der Waals surface area contributed by atoms with Crippen LogP contribution < -0.4 is 5.32 Å². The summed E-state index contributed by atoms with van der Waals surface area (Å²) in [5.74, 6) is 0.584. The van der Waals surface area contributed by atoms with Crippen LogP contribution in [0.5, 0.6) is 0 Å². The molecule has 0 saturated carbocycles. The number of nitrogens with one attached hydrogen (secondary N) is 1. The van der Waals surface area contributed by atoms with Crippen molar-refractivity contribution in [1.82, 2.24) is 10.3 Å². The molecule has 23 heavy (non-hydrogen) atoms. The van der Waals surface area contributed by atoms with Crippen molar-refractivity contribution in [3.63, 3.8) is 0 Å². The molecule has 2 aromatic carbocycles. The van der Waals surface area contributed by atoms with Crippen molar-refractivity contribution in [1.29, 1.82) is 0 Å². The third-order valence-corrected chi connectivity index (χ3v) is 4.47. The molecule has 0 unspecified atom stereocenters. The molecule has 0 saturated heterocycles. The summed E-state index contributed by atoms with van der Waals surface area (Å²) in [7, 11) is 0. The van der Waals surface area contributed by atoms with Gasteiger partial charge < -0.3 is 5.32 Å². The van der Waals surface area contributed by atoms with Crippen LogP contribution in [0.25, 0.3) is 10.2 Å². The lowest BCUT2D eigenvalue weighted by Gasteiger charge is -2.09. The highest BCUT2D eigenvalue weighted by atomic mass is 32.1. The van der Waals surface area contributed by atoms with Crippen LogP contribution in [0, 0.1) is 5.92 Å². The molecular formula is C19H20N2OS. The minimum atomic E-state index is -0.0467. The topological polar surface area (TPSA) is 42.0 Å². The number of hydrogen-bond acceptors (Lipinski definition) is 3. The number of rotatable bonds is 5. The van der Waals surface area contributed by atoms with E-state index in [0.717, 1.165) is 22.2 Å². The van der Waals surface area contributed by atoms with Crippen molar-refractivity contribution in [2.24, 2.45) is 5.92 Å². The highest BCUT2D eigenvalue weighted by molar-refractivity contribution is 7.16. The lowest BCUT2D eigenvalue weighted by atomic mass is 10.0. The molecular weight excluding hydrogens is 304 g/mol. The van der Waals surface area contributed by atoms with Gasteiger partial charge in [-0.2, -0.15) is 0 Å². The van der Waals surface area contributed by atoms with E-state index in [1.165, 1.54) is 5.56 Å².